The Morgan fingerprint density at radius 3 is 2.52 bits per heavy atom. The molecule has 6 rings (SSSR count). The first-order valence-corrected chi connectivity index (χ1v) is 11.8. The Morgan fingerprint density at radius 1 is 1.21 bits per heavy atom. The highest BCUT2D eigenvalue weighted by molar-refractivity contribution is 7.16. The van der Waals surface area contributed by atoms with Crippen LogP contribution in [0.3, 0.4) is 0 Å². The summed E-state index contributed by atoms with van der Waals surface area (Å²) in [7, 11) is 1.68. The van der Waals surface area contributed by atoms with Crippen molar-refractivity contribution in [1.82, 2.24) is 4.57 Å². The number of methoxy groups -OCH3 is 1. The molecule has 4 bridgehead atoms. The van der Waals surface area contributed by atoms with Crippen molar-refractivity contribution in [3.63, 3.8) is 0 Å². The summed E-state index contributed by atoms with van der Waals surface area (Å²) in [4.78, 5) is 19.1. The molecule has 156 valence electrons. The molecule has 0 aliphatic heterocycles. The lowest BCUT2D eigenvalue weighted by Crippen LogP contribution is -2.50. The van der Waals surface area contributed by atoms with Gasteiger partial charge >= 0.3 is 0 Å². The van der Waals surface area contributed by atoms with E-state index in [2.05, 4.69) is 10.6 Å². The highest BCUT2D eigenvalue weighted by Crippen LogP contribution is 2.60. The van der Waals surface area contributed by atoms with Gasteiger partial charge in [0.15, 0.2) is 4.80 Å². The number of hydrogen-bond donors (Lipinski definition) is 0. The van der Waals surface area contributed by atoms with Crippen molar-refractivity contribution >= 4 is 27.5 Å². The molecule has 29 heavy (non-hydrogen) atoms. The van der Waals surface area contributed by atoms with Crippen molar-refractivity contribution in [2.24, 2.45) is 28.2 Å². The Hall–Kier alpha value is -1.66. The Kier molecular flexibility index (Phi) is 5.03. The van der Waals surface area contributed by atoms with Gasteiger partial charge in [0.05, 0.1) is 29.3 Å². The summed E-state index contributed by atoms with van der Waals surface area (Å²) in [6.07, 6.45) is 7.17. The lowest BCUT2D eigenvalue weighted by atomic mass is 9.49. The maximum atomic E-state index is 13.5. The number of hydrogen-bond acceptors (Lipinski definition) is 4. The van der Waals surface area contributed by atoms with Gasteiger partial charge in [0.2, 0.25) is 0 Å². The first-order chi connectivity index (χ1) is 14.1. The number of ether oxygens (including phenoxy) is 2. The van der Waals surface area contributed by atoms with E-state index in [1.807, 2.05) is 19.1 Å². The number of carbonyl (C=O) groups is 1. The van der Waals surface area contributed by atoms with Crippen LogP contribution in [0, 0.1) is 23.2 Å². The minimum absolute atomic E-state index is 0.125. The van der Waals surface area contributed by atoms with E-state index in [0.717, 1.165) is 57.8 Å². The molecule has 5 nitrogen and oxygen atoms in total. The summed E-state index contributed by atoms with van der Waals surface area (Å²) in [5.74, 6) is 3.20. The molecule has 2 aromatic rings. The van der Waals surface area contributed by atoms with Gasteiger partial charge in [-0.05, 0) is 81.4 Å². The van der Waals surface area contributed by atoms with Crippen molar-refractivity contribution < 1.29 is 14.3 Å². The van der Waals surface area contributed by atoms with Gasteiger partial charge in [-0.2, -0.15) is 4.99 Å². The Bertz CT molecular complexity index is 954. The molecule has 0 saturated heterocycles. The zero-order chi connectivity index (χ0) is 20.0. The van der Waals surface area contributed by atoms with Crippen LogP contribution in [0.2, 0.25) is 0 Å². The highest BCUT2D eigenvalue weighted by Gasteiger charge is 2.54. The average molecular weight is 415 g/mol. The molecule has 0 radical (unpaired) electrons. The van der Waals surface area contributed by atoms with Crippen LogP contribution in [-0.2, 0) is 16.1 Å². The molecule has 1 aromatic heterocycles. The number of benzene rings is 1. The lowest BCUT2D eigenvalue weighted by Gasteiger charge is -2.55. The van der Waals surface area contributed by atoms with Gasteiger partial charge < -0.3 is 14.0 Å². The molecule has 6 heteroatoms. The molecule has 0 N–H and O–H groups in total. The van der Waals surface area contributed by atoms with Gasteiger partial charge in [-0.15, -0.1) is 0 Å². The highest BCUT2D eigenvalue weighted by atomic mass is 32.1. The molecule has 0 unspecified atom stereocenters. The number of thiazole rings is 1. The summed E-state index contributed by atoms with van der Waals surface area (Å²) in [6.45, 7) is 4.01. The zero-order valence-corrected chi connectivity index (χ0v) is 18.2. The number of nitrogens with zero attached hydrogens (tertiary/aromatic N) is 2. The Balaban J connectivity index is 1.53. The van der Waals surface area contributed by atoms with Crippen LogP contribution in [0.5, 0.6) is 5.75 Å². The van der Waals surface area contributed by atoms with Gasteiger partial charge in [0, 0.05) is 13.2 Å². The minimum atomic E-state index is -0.194. The second-order valence-corrected chi connectivity index (χ2v) is 10.2. The molecule has 4 fully saturated rings. The summed E-state index contributed by atoms with van der Waals surface area (Å²) in [5, 5.41) is 0. The first kappa shape index (κ1) is 19.3. The van der Waals surface area contributed by atoms with E-state index in [4.69, 9.17) is 14.5 Å². The van der Waals surface area contributed by atoms with Crippen LogP contribution in [0.1, 0.15) is 45.4 Å². The molecular weight excluding hydrogens is 384 g/mol. The molecule has 4 aliphatic rings. The van der Waals surface area contributed by atoms with E-state index in [0.29, 0.717) is 19.8 Å². The quantitative estimate of drug-likeness (QED) is 0.659. The monoisotopic (exact) mass is 414 g/mol. The number of rotatable bonds is 6. The van der Waals surface area contributed by atoms with Crippen LogP contribution in [-0.4, -0.2) is 30.8 Å². The normalized spacial score (nSPS) is 31.0. The Morgan fingerprint density at radius 2 is 1.90 bits per heavy atom. The third-order valence-electron chi connectivity index (χ3n) is 7.24. The van der Waals surface area contributed by atoms with Crippen molar-refractivity contribution in [2.45, 2.75) is 52.0 Å². The largest absolute Gasteiger partial charge is 0.497 e. The lowest BCUT2D eigenvalue weighted by molar-refractivity contribution is -0.142. The van der Waals surface area contributed by atoms with Crippen LogP contribution in [0.4, 0.5) is 0 Å². The fourth-order valence-electron chi connectivity index (χ4n) is 6.36. The van der Waals surface area contributed by atoms with E-state index >= 15 is 0 Å². The second-order valence-electron chi connectivity index (χ2n) is 9.18. The second kappa shape index (κ2) is 7.55. The number of aromatic nitrogens is 1. The number of carbonyl (C=O) groups excluding carboxylic acids is 1. The van der Waals surface area contributed by atoms with E-state index in [1.54, 1.807) is 18.4 Å². The fourth-order valence-corrected chi connectivity index (χ4v) is 7.44. The van der Waals surface area contributed by atoms with Crippen molar-refractivity contribution in [1.29, 1.82) is 0 Å². The minimum Gasteiger partial charge on any atom is -0.497 e. The van der Waals surface area contributed by atoms with Gasteiger partial charge in [0.25, 0.3) is 5.91 Å². The van der Waals surface area contributed by atoms with Crippen LogP contribution < -0.4 is 9.54 Å². The maximum absolute atomic E-state index is 13.5. The number of amides is 1. The SMILES string of the molecule is CCOCCn1c(=NC(=O)C23CC4CC(CC(C4)C2)C3)sc2cc(OC)ccc21. The molecule has 4 aliphatic carbocycles. The van der Waals surface area contributed by atoms with Crippen LogP contribution in [0.25, 0.3) is 10.2 Å². The van der Waals surface area contributed by atoms with E-state index in [9.17, 15) is 4.79 Å². The smallest absolute Gasteiger partial charge is 0.254 e. The predicted molar refractivity (Wildman–Crippen MR) is 114 cm³/mol. The molecule has 4 saturated carbocycles. The third kappa shape index (κ3) is 3.44. The first-order valence-electron chi connectivity index (χ1n) is 10.9. The van der Waals surface area contributed by atoms with E-state index in [-0.39, 0.29) is 11.3 Å². The maximum Gasteiger partial charge on any atom is 0.254 e. The zero-order valence-electron chi connectivity index (χ0n) is 17.4. The summed E-state index contributed by atoms with van der Waals surface area (Å²) in [5.41, 5.74) is 0.896. The summed E-state index contributed by atoms with van der Waals surface area (Å²) < 4.78 is 14.2. The summed E-state index contributed by atoms with van der Waals surface area (Å²) >= 11 is 1.58. The van der Waals surface area contributed by atoms with Crippen LogP contribution in [0.15, 0.2) is 23.2 Å². The van der Waals surface area contributed by atoms with Gasteiger partial charge in [-0.1, -0.05) is 11.3 Å². The summed E-state index contributed by atoms with van der Waals surface area (Å²) in [6, 6.07) is 6.06. The standard InChI is InChI=1S/C23H30N2O3S/c1-3-28-7-6-25-19-5-4-18(27-2)11-20(19)29-22(25)24-21(26)23-12-15-8-16(13-23)10-17(9-15)14-23/h4-5,11,15-17H,3,6-10,12-14H2,1-2H3. The van der Waals surface area contributed by atoms with Gasteiger partial charge in [0.1, 0.15) is 5.75 Å². The van der Waals surface area contributed by atoms with Gasteiger partial charge in [-0.25, -0.2) is 0 Å². The topological polar surface area (TPSA) is 52.8 Å². The Labute approximate surface area is 175 Å². The molecule has 0 spiro atoms. The average Bonchev–Trinajstić information content (AvgIpc) is 3.03. The van der Waals surface area contributed by atoms with E-state index in [1.165, 1.54) is 19.3 Å². The van der Waals surface area contributed by atoms with Gasteiger partial charge in [-0.3, -0.25) is 4.79 Å². The third-order valence-corrected chi connectivity index (χ3v) is 8.28. The van der Waals surface area contributed by atoms with Crippen LogP contribution >= 0.6 is 11.3 Å². The van der Waals surface area contributed by atoms with E-state index < -0.39 is 0 Å². The van der Waals surface area contributed by atoms with Crippen molar-refractivity contribution in [2.75, 3.05) is 20.3 Å². The fraction of sp³-hybridized carbons (Fsp3) is 0.652. The predicted octanol–water partition coefficient (Wildman–Crippen LogP) is 4.39. The molecule has 1 aromatic carbocycles. The number of fused-ring (bicyclic) bond motifs is 1. The van der Waals surface area contributed by atoms with Crippen molar-refractivity contribution in [3.8, 4) is 5.75 Å². The molecule has 1 heterocycles. The molecule has 0 atom stereocenters. The molecular formula is C23H30N2O3S. The molecule has 1 amide bonds. The van der Waals surface area contributed by atoms with Crippen molar-refractivity contribution in [3.05, 3.63) is 23.0 Å².